The van der Waals surface area contributed by atoms with Crippen molar-refractivity contribution in [3.05, 3.63) is 160 Å². The summed E-state index contributed by atoms with van der Waals surface area (Å²) in [6.45, 7) is 0. The maximum absolute atomic E-state index is 11.7. The molecule has 5 aliphatic heterocycles. The normalized spacial score (nSPS) is 32.4. The Labute approximate surface area is 346 Å². The quantitative estimate of drug-likeness (QED) is 0.102. The number of rotatable bonds is 8. The summed E-state index contributed by atoms with van der Waals surface area (Å²) >= 11 is 0. The van der Waals surface area contributed by atoms with E-state index >= 15 is 0 Å². The molecule has 0 aromatic heterocycles. The van der Waals surface area contributed by atoms with Gasteiger partial charge in [-0.05, 0) is 73.6 Å². The van der Waals surface area contributed by atoms with E-state index in [1.54, 1.807) is 48.5 Å². The van der Waals surface area contributed by atoms with Gasteiger partial charge in [0.25, 0.3) is 22.7 Å². The van der Waals surface area contributed by atoms with Gasteiger partial charge in [-0.15, -0.1) is 0 Å². The van der Waals surface area contributed by atoms with Crippen LogP contribution in [0.2, 0.25) is 0 Å². The second-order valence-electron chi connectivity index (χ2n) is 17.3. The third-order valence-corrected chi connectivity index (χ3v) is 14.3. The number of nitrogens with zero attached hydrogens (tertiary/aromatic N) is 4. The molecule has 4 aromatic rings. The number of nitrogens with one attached hydrogen (secondary N) is 4. The van der Waals surface area contributed by atoms with Crippen molar-refractivity contribution in [1.29, 1.82) is 0 Å². The van der Waals surface area contributed by atoms with Crippen molar-refractivity contribution in [2.24, 2.45) is 0 Å². The molecular weight excluding hydrogens is 769 g/mol. The Morgan fingerprint density at radius 2 is 0.450 bits per heavy atom. The standard InChI is InChI=1S/C44H48N8O8/c53-49(54)29-9-1-25(2-10-29)41-33-17-19-35(45-33)42(26-3-11-30(12-4-26)50(55)56)37-21-23-39(47-37)44(28-7-15-32(16-8-28)52(59)60)40-24-22-38(48-40)43(36-20-18-34(41)46-36)27-5-13-31(14-6-27)51(57)58/h1-16,33-48H,17-24H2. The highest BCUT2D eigenvalue weighted by Crippen LogP contribution is 2.46. The molecule has 60 heavy (non-hydrogen) atoms. The first kappa shape index (κ1) is 39.8. The van der Waals surface area contributed by atoms with Crippen molar-refractivity contribution >= 4 is 22.7 Å². The molecule has 5 fully saturated rings. The smallest absolute Gasteiger partial charge is 0.269 e. The summed E-state index contributed by atoms with van der Waals surface area (Å²) in [6.07, 6.45) is 6.88. The van der Waals surface area contributed by atoms with Gasteiger partial charge in [0.2, 0.25) is 0 Å². The van der Waals surface area contributed by atoms with Crippen molar-refractivity contribution < 1.29 is 19.7 Å². The number of nitro groups is 4. The summed E-state index contributed by atoms with van der Waals surface area (Å²) in [5, 5.41) is 63.1. The molecule has 5 heterocycles. The van der Waals surface area contributed by atoms with E-state index in [2.05, 4.69) is 21.3 Å². The van der Waals surface area contributed by atoms with E-state index < -0.39 is 0 Å². The molecule has 0 amide bonds. The first-order chi connectivity index (χ1) is 29.0. The van der Waals surface area contributed by atoms with Crippen LogP contribution in [0.15, 0.2) is 97.1 Å². The molecule has 16 nitrogen and oxygen atoms in total. The number of benzene rings is 4. The van der Waals surface area contributed by atoms with Crippen LogP contribution in [0.3, 0.4) is 0 Å². The summed E-state index contributed by atoms with van der Waals surface area (Å²) < 4.78 is 0. The summed E-state index contributed by atoms with van der Waals surface area (Å²) in [4.78, 5) is 45.3. The zero-order chi connectivity index (χ0) is 41.7. The fourth-order valence-corrected chi connectivity index (χ4v) is 11.7. The third-order valence-electron chi connectivity index (χ3n) is 14.3. The molecule has 0 aliphatic carbocycles. The minimum atomic E-state index is -0.379. The molecule has 0 spiro atoms. The molecule has 16 heteroatoms. The van der Waals surface area contributed by atoms with Crippen LogP contribution in [0.5, 0.6) is 0 Å². The topological polar surface area (TPSA) is 221 Å². The predicted molar refractivity (Wildman–Crippen MR) is 223 cm³/mol. The van der Waals surface area contributed by atoms with Crippen molar-refractivity contribution in [2.75, 3.05) is 0 Å². The van der Waals surface area contributed by atoms with Crippen LogP contribution in [0.1, 0.15) is 97.3 Å². The van der Waals surface area contributed by atoms with Crippen molar-refractivity contribution in [3.8, 4) is 0 Å². The third kappa shape index (κ3) is 7.64. The van der Waals surface area contributed by atoms with Crippen LogP contribution in [-0.2, 0) is 0 Å². The average Bonchev–Trinajstić information content (AvgIpc) is 4.10. The Balaban J connectivity index is 1.14. The van der Waals surface area contributed by atoms with Gasteiger partial charge in [0.15, 0.2) is 0 Å². The van der Waals surface area contributed by atoms with Crippen LogP contribution in [-0.4, -0.2) is 68.0 Å². The molecule has 4 N–H and O–H groups in total. The Morgan fingerprint density at radius 1 is 0.300 bits per heavy atom. The van der Waals surface area contributed by atoms with Gasteiger partial charge < -0.3 is 21.3 Å². The fourth-order valence-electron chi connectivity index (χ4n) is 11.7. The molecular formula is C44H48N8O8. The average molecular weight is 817 g/mol. The maximum Gasteiger partial charge on any atom is 0.269 e. The van der Waals surface area contributed by atoms with Crippen LogP contribution in [0.4, 0.5) is 22.7 Å². The summed E-state index contributed by atoms with van der Waals surface area (Å²) in [5.41, 5.74) is 4.20. The van der Waals surface area contributed by atoms with E-state index in [0.717, 1.165) is 73.6 Å². The minimum Gasteiger partial charge on any atom is -0.310 e. The SMILES string of the molecule is O=[N+]([O-])c1ccc(C2C3CCC(N3)C(c3ccc([N+](=O)[O-])cc3)C3CCC(N3)C(c3ccc([N+](=O)[O-])cc3)C3CCC(N3)C(c3ccc([N+](=O)[O-])cc3)C3CCC2N3)cc1. The molecule has 9 rings (SSSR count). The molecule has 0 radical (unpaired) electrons. The lowest BCUT2D eigenvalue weighted by atomic mass is 9.82. The van der Waals surface area contributed by atoms with Crippen molar-refractivity contribution in [1.82, 2.24) is 21.3 Å². The van der Waals surface area contributed by atoms with E-state index in [9.17, 15) is 40.5 Å². The summed E-state index contributed by atoms with van der Waals surface area (Å²) in [5.74, 6) is -0.0970. The van der Waals surface area contributed by atoms with E-state index in [1.807, 2.05) is 48.5 Å². The Hall–Kier alpha value is -5.68. The summed E-state index contributed by atoms with van der Waals surface area (Å²) in [6, 6.07) is 28.0. The van der Waals surface area contributed by atoms with Gasteiger partial charge in [-0.25, -0.2) is 0 Å². The monoisotopic (exact) mass is 816 g/mol. The molecule has 4 aromatic carbocycles. The first-order valence-corrected chi connectivity index (χ1v) is 21.0. The minimum absolute atomic E-state index is 0.0242. The van der Waals surface area contributed by atoms with Gasteiger partial charge in [0, 0.05) is 121 Å². The Morgan fingerprint density at radius 3 is 0.583 bits per heavy atom. The van der Waals surface area contributed by atoms with E-state index in [4.69, 9.17) is 0 Å². The lowest BCUT2D eigenvalue weighted by Gasteiger charge is -2.37. The van der Waals surface area contributed by atoms with Crippen LogP contribution < -0.4 is 21.3 Å². The van der Waals surface area contributed by atoms with Crippen LogP contribution in [0, 0.1) is 40.5 Å². The fraction of sp³-hybridized carbons (Fsp3) is 0.455. The van der Waals surface area contributed by atoms with Crippen LogP contribution in [0.25, 0.3) is 0 Å². The van der Waals surface area contributed by atoms with E-state index in [1.165, 1.54) is 0 Å². The number of nitro benzene ring substituents is 4. The zero-order valence-corrected chi connectivity index (χ0v) is 32.9. The molecule has 8 bridgehead atoms. The van der Waals surface area contributed by atoms with Gasteiger partial charge in [-0.3, -0.25) is 40.5 Å². The predicted octanol–water partition coefficient (Wildman–Crippen LogP) is 7.25. The van der Waals surface area contributed by atoms with Crippen LogP contribution >= 0.6 is 0 Å². The Bertz CT molecular complexity index is 1880. The second-order valence-corrected chi connectivity index (χ2v) is 17.3. The van der Waals surface area contributed by atoms with Crippen molar-refractivity contribution in [3.63, 3.8) is 0 Å². The van der Waals surface area contributed by atoms with Gasteiger partial charge in [0.1, 0.15) is 0 Å². The first-order valence-electron chi connectivity index (χ1n) is 21.0. The lowest BCUT2D eigenvalue weighted by molar-refractivity contribution is -0.385. The van der Waals surface area contributed by atoms with Gasteiger partial charge in [0.05, 0.1) is 19.7 Å². The number of hydrogen-bond acceptors (Lipinski definition) is 12. The molecule has 312 valence electrons. The van der Waals surface area contributed by atoms with Gasteiger partial charge in [-0.1, -0.05) is 48.5 Å². The van der Waals surface area contributed by atoms with E-state index in [0.29, 0.717) is 0 Å². The van der Waals surface area contributed by atoms with Gasteiger partial charge >= 0.3 is 0 Å². The highest BCUT2D eigenvalue weighted by Gasteiger charge is 2.49. The zero-order valence-electron chi connectivity index (χ0n) is 32.9. The van der Waals surface area contributed by atoms with E-state index in [-0.39, 0.29) is 114 Å². The molecule has 5 saturated heterocycles. The maximum atomic E-state index is 11.7. The molecule has 5 aliphatic rings. The number of non-ortho nitro benzene ring substituents is 4. The number of fused-ring (bicyclic) bond motifs is 8. The lowest BCUT2D eigenvalue weighted by Crippen LogP contribution is -2.51. The second kappa shape index (κ2) is 16.4. The highest BCUT2D eigenvalue weighted by atomic mass is 16.6. The largest absolute Gasteiger partial charge is 0.310 e. The Kier molecular flexibility index (Phi) is 10.9. The van der Waals surface area contributed by atoms with Gasteiger partial charge in [-0.2, -0.15) is 0 Å². The highest BCUT2D eigenvalue weighted by molar-refractivity contribution is 5.41. The number of hydrogen-bond donors (Lipinski definition) is 4. The van der Waals surface area contributed by atoms with Crippen molar-refractivity contribution in [2.45, 2.75) is 123 Å². The molecule has 8 atom stereocenters. The molecule has 0 saturated carbocycles. The molecule has 8 unspecified atom stereocenters. The summed E-state index contributed by atoms with van der Waals surface area (Å²) in [7, 11) is 0.